The summed E-state index contributed by atoms with van der Waals surface area (Å²) < 4.78 is 0. The highest BCUT2D eigenvalue weighted by atomic mass is 15.5. The highest BCUT2D eigenvalue weighted by molar-refractivity contribution is 6.06. The van der Waals surface area contributed by atoms with Crippen LogP contribution in [0, 0.1) is 0 Å². The lowest BCUT2D eigenvalue weighted by Crippen LogP contribution is -2.62. The van der Waals surface area contributed by atoms with Gasteiger partial charge in [0.2, 0.25) is 83.4 Å². The molecule has 12 rings (SSSR count). The van der Waals surface area contributed by atoms with E-state index in [0.29, 0.717) is 72.1 Å². The van der Waals surface area contributed by atoms with Gasteiger partial charge < -0.3 is 149 Å². The maximum Gasteiger partial charge on any atom is 0.222 e. The summed E-state index contributed by atoms with van der Waals surface area (Å²) in [5.41, 5.74) is 33.1. The zero-order valence-corrected chi connectivity index (χ0v) is 94.7. The van der Waals surface area contributed by atoms with E-state index in [4.69, 9.17) is 34.4 Å². The molecule has 0 aromatic rings. The third-order valence-electron chi connectivity index (χ3n) is 19.3. The van der Waals surface area contributed by atoms with Gasteiger partial charge in [-0.2, -0.15) is 20.0 Å². The van der Waals surface area contributed by atoms with Crippen LogP contribution in [-0.4, -0.2) is 461 Å². The van der Waals surface area contributed by atoms with E-state index in [0.717, 1.165) is 123 Å². The first kappa shape index (κ1) is 129. The van der Waals surface area contributed by atoms with Crippen LogP contribution >= 0.6 is 0 Å². The van der Waals surface area contributed by atoms with Gasteiger partial charge in [-0.3, -0.25) is 101 Å². The van der Waals surface area contributed by atoms with Crippen LogP contribution < -0.4 is 141 Å². The Hall–Kier alpha value is -15.1. The summed E-state index contributed by atoms with van der Waals surface area (Å²) in [6, 6.07) is 0. The molecule has 0 amide bonds. The quantitative estimate of drug-likeness (QED) is 0.0909. The molecule has 0 spiro atoms. The van der Waals surface area contributed by atoms with Crippen LogP contribution in [0.25, 0.3) is 0 Å². The average Bonchev–Trinajstić information content (AvgIpc) is 0.822. The molecule has 60 heteroatoms. The zero-order chi connectivity index (χ0) is 111. The highest BCUT2D eigenvalue weighted by Gasteiger charge is 2.27. The Kier molecular flexibility index (Phi) is 60.9. The van der Waals surface area contributed by atoms with Crippen LogP contribution in [-0.2, 0) is 0 Å². The van der Waals surface area contributed by atoms with Crippen LogP contribution in [0.5, 0.6) is 0 Å². The van der Waals surface area contributed by atoms with Gasteiger partial charge in [0.25, 0.3) is 0 Å². The number of nitrogens with zero attached hydrogens (tertiary/aromatic N) is 34. The Morgan fingerprint density at radius 1 is 0.260 bits per heavy atom. The lowest BCUT2D eigenvalue weighted by molar-refractivity contribution is 0.447. The van der Waals surface area contributed by atoms with Gasteiger partial charge in [0.05, 0.1) is 37.0 Å². The summed E-state index contributed by atoms with van der Waals surface area (Å²) in [6.07, 6.45) is 7.77. The standard InChI is InChI=1S/2C9H19N5.3C8H17N5.3C7H15N5.3C6H13N5.C5H11N5/c1-7-10-8(12(2)3)14(6)9(11-7)13(4)5;1-3-4-5-6-11-9-13-7(2)12-8(10)14-9;1-6-9-7(12(2)3)11-8(10-6)13(4)5;1-6-10-7(9-2)13(5)8(11-6)12(3)4;1-3-4-5-10-8-12-6(2)11-7(9)13-8;1-5-9-6(8-2)11-7(10-5)12(3)4;1-5-10-6(8-2)12(4)7(9-3)11-5;1-3-4-9-7-11-5(2)10-6(8)12-7;1-4-9-5(7)11(3)6(8-2)10-4;1-4-9-5(7-2)11-6(8-3)10-4;1-3-8-6-10-4(2)9-5(7)11-6;1-3-8-4(6)10-5(7-2)9-3/h7H,1-6H3;7H,3-6H2,1-2H3,(H4,10,11,12,13,14);6H,1-5H3,(H,9,10,11);6H,1-5H3,(H,9,10);6H,3-5H2,1-2H3,(H4,9,10,11,12,13);5H,1-4H3,(H2,8,9,10,11);5H,1-4H3,(H,8,10)(H,9,11);5H,3-4H2,1-2H3,(H4,8,9,10,11,12);4H,1-3H3,(H2,7,9)(H,8,10);4H,1-3H3,(H3,7,8,9,10,11);4H,3H2,1-2H3,(H4,7,8,9,10,11);3H,1-2H3,(H4,6,7,8,9,10)/t;;;6-;;5-;;;4-;;;3-/m...0.0..0..0/s1. The Balaban J connectivity index is 0.000000797. The van der Waals surface area contributed by atoms with E-state index in [-0.39, 0.29) is 74.0 Å². The lowest BCUT2D eigenvalue weighted by Gasteiger charge is -2.34. The van der Waals surface area contributed by atoms with Gasteiger partial charge in [0, 0.05) is 195 Å². The van der Waals surface area contributed by atoms with E-state index in [9.17, 15) is 0 Å². The molecule has 146 heavy (non-hydrogen) atoms. The van der Waals surface area contributed by atoms with Gasteiger partial charge in [0.1, 0.15) is 37.0 Å². The molecule has 12 aliphatic heterocycles. The van der Waals surface area contributed by atoms with Gasteiger partial charge in [-0.1, -0.05) is 40.0 Å². The highest BCUT2D eigenvalue weighted by Crippen LogP contribution is 2.11. The molecule has 0 saturated carbocycles. The number of rotatable bonds is 10. The molecule has 0 aromatic carbocycles. The fourth-order valence-corrected chi connectivity index (χ4v) is 12.5. The Bertz CT molecular complexity index is 4600. The van der Waals surface area contributed by atoms with E-state index < -0.39 is 0 Å². The van der Waals surface area contributed by atoms with Gasteiger partial charge in [-0.15, -0.1) is 0 Å². The van der Waals surface area contributed by atoms with E-state index in [1.54, 1.807) is 61.3 Å². The van der Waals surface area contributed by atoms with Gasteiger partial charge in [-0.05, 0) is 109 Å². The van der Waals surface area contributed by atoms with Crippen LogP contribution in [0.15, 0.2) is 120 Å². The van der Waals surface area contributed by atoms with Gasteiger partial charge >= 0.3 is 0 Å². The van der Waals surface area contributed by atoms with E-state index in [2.05, 4.69) is 247 Å². The second-order valence-corrected chi connectivity index (χ2v) is 34.3. The molecule has 0 radical (unpaired) electrons. The molecule has 12 aliphatic rings. The molecule has 0 bridgehead atoms. The predicted molar refractivity (Wildman–Crippen MR) is 610 cm³/mol. The molecule has 2 fully saturated rings. The smallest absolute Gasteiger partial charge is 0.222 e. The zero-order valence-electron chi connectivity index (χ0n) is 94.7. The normalized spacial score (nSPS) is 25.3. The van der Waals surface area contributed by atoms with Crippen molar-refractivity contribution in [3.8, 4) is 0 Å². The Morgan fingerprint density at radius 3 is 0.932 bits per heavy atom. The number of hydrogen-bond donors (Lipinski definition) is 26. The average molecular weight is 2060 g/mol. The fraction of sp³-hybridized carbons (Fsp3) is 0.721. The molecular weight excluding hydrogens is 1870 g/mol. The van der Waals surface area contributed by atoms with Crippen LogP contribution in [0.2, 0.25) is 0 Å². The summed E-state index contributed by atoms with van der Waals surface area (Å²) in [5, 5.41) is 60.6. The molecule has 828 valence electrons. The first-order valence-electron chi connectivity index (χ1n) is 48.6. The van der Waals surface area contributed by atoms with Crippen molar-refractivity contribution in [2.24, 2.45) is 154 Å². The number of nitrogens with one attached hydrogen (secondary N) is 20. The van der Waals surface area contributed by atoms with Crippen molar-refractivity contribution in [3.63, 3.8) is 0 Å². The lowest BCUT2D eigenvalue weighted by atomic mass is 10.2. The van der Waals surface area contributed by atoms with Crippen molar-refractivity contribution < 1.29 is 0 Å². The number of hydrogen-bond acceptors (Lipinski definition) is 38. The molecule has 32 N–H and O–H groups in total. The molecule has 2 saturated heterocycles. The van der Waals surface area contributed by atoms with Crippen molar-refractivity contribution in [2.75, 3.05) is 195 Å². The molecule has 12 heterocycles. The third-order valence-corrected chi connectivity index (χ3v) is 19.3. The third kappa shape index (κ3) is 51.2. The van der Waals surface area contributed by atoms with Crippen molar-refractivity contribution in [1.29, 1.82) is 0 Å². The molecule has 60 nitrogen and oxygen atoms in total. The summed E-state index contributed by atoms with van der Waals surface area (Å²) in [7, 11) is 45.1. The minimum absolute atomic E-state index is 0.000926. The Morgan fingerprint density at radius 2 is 0.575 bits per heavy atom. The first-order chi connectivity index (χ1) is 68.8. The maximum absolute atomic E-state index is 5.59. The number of unbranched alkanes of at least 4 members (excludes halogenated alkanes) is 3. The maximum atomic E-state index is 5.59. The summed E-state index contributed by atoms with van der Waals surface area (Å²) in [5.74, 6) is 16.7. The van der Waals surface area contributed by atoms with Crippen molar-refractivity contribution >= 4 is 143 Å². The van der Waals surface area contributed by atoms with Crippen LogP contribution in [0.1, 0.15) is 149 Å². The monoisotopic (exact) mass is 2060 g/mol. The Labute approximate surface area is 867 Å². The van der Waals surface area contributed by atoms with Crippen molar-refractivity contribution in [2.45, 2.75) is 223 Å². The fourth-order valence-electron chi connectivity index (χ4n) is 12.5. The second kappa shape index (κ2) is 69.0. The SMILES string of the molecule is CC1N=C(N(C)C)N(C)C(N(C)C)=N1.CC1N=C(N(C)C)NC(N(C)C)=N1.CCCCCN=C1N=C(N)NC(C)N1.CCCCN=C1N=C(N)NC(C)N1.CCCN=C1N=C(N)NC(C)N1.CCN=C1N=C(N)NC(C)N1.CN=C1NC(=NC)NC(C)N1.CN=C1NC(C)NC(=NC)N1C.CN=C1NC(N(C)C)=N[C@@H](C)N1.CN=C1NC(N)=N[C@H](C)N1.CN=C1N[C@@H](C)N=C(N)N1C.CN=C1N[C@H](C)N=C(N(C)C)N1C. The van der Waals surface area contributed by atoms with Gasteiger partial charge in [-0.25, -0.2) is 39.9 Å². The molecule has 8 atom stereocenters. The second-order valence-electron chi connectivity index (χ2n) is 34.3. The number of guanidine groups is 24. The molecule has 0 aromatic heterocycles. The predicted octanol–water partition coefficient (Wildman–Crippen LogP) is -5.20. The summed E-state index contributed by atoms with van der Waals surface area (Å²) in [6.45, 7) is 35.1. The summed E-state index contributed by atoms with van der Waals surface area (Å²) in [4.78, 5) is 119. The summed E-state index contributed by atoms with van der Waals surface area (Å²) >= 11 is 0. The van der Waals surface area contributed by atoms with E-state index >= 15 is 0 Å². The van der Waals surface area contributed by atoms with Crippen molar-refractivity contribution in [3.05, 3.63) is 0 Å². The van der Waals surface area contributed by atoms with E-state index in [1.165, 1.54) is 12.8 Å². The minimum atomic E-state index is -0.00366. The molecular formula is C86H184N60. The minimum Gasteiger partial charge on any atom is -0.370 e. The topological polar surface area (TPSA) is 726 Å². The first-order valence-corrected chi connectivity index (χ1v) is 48.6. The van der Waals surface area contributed by atoms with E-state index in [1.807, 2.05) is 247 Å². The molecule has 4 unspecified atom stereocenters. The number of aliphatic imine (C=N–C) groups is 24. The number of nitrogens with two attached hydrogens (primary N) is 6. The molecule has 0 aliphatic carbocycles. The van der Waals surface area contributed by atoms with Crippen molar-refractivity contribution in [1.82, 2.24) is 155 Å². The van der Waals surface area contributed by atoms with Crippen LogP contribution in [0.3, 0.4) is 0 Å². The van der Waals surface area contributed by atoms with Crippen LogP contribution in [0.4, 0.5) is 0 Å². The van der Waals surface area contributed by atoms with Gasteiger partial charge in [0.15, 0.2) is 59.6 Å². The largest absolute Gasteiger partial charge is 0.370 e.